The van der Waals surface area contributed by atoms with Gasteiger partial charge in [0.15, 0.2) is 0 Å². The lowest BCUT2D eigenvalue weighted by Crippen LogP contribution is -2.18. The van der Waals surface area contributed by atoms with Crippen LogP contribution >= 0.6 is 22.9 Å². The number of anilines is 1. The number of pyridine rings is 2. The maximum Gasteiger partial charge on any atom is 0.295 e. The van der Waals surface area contributed by atoms with Gasteiger partial charge < -0.3 is 14.2 Å². The molecule has 0 radical (unpaired) electrons. The molecule has 3 aromatic rings. The van der Waals surface area contributed by atoms with Crippen molar-refractivity contribution in [2.45, 2.75) is 32.8 Å². The summed E-state index contributed by atoms with van der Waals surface area (Å²) < 4.78 is 17.1. The fraction of sp³-hybridized carbons (Fsp3) is 0.409. The van der Waals surface area contributed by atoms with Crippen molar-refractivity contribution in [3.05, 3.63) is 40.9 Å². The van der Waals surface area contributed by atoms with Crippen LogP contribution in [0.5, 0.6) is 10.9 Å². The lowest BCUT2D eigenvalue weighted by atomic mass is 9.99. The Bertz CT molecular complexity index is 1170. The van der Waals surface area contributed by atoms with Gasteiger partial charge in [0.1, 0.15) is 10.9 Å². The van der Waals surface area contributed by atoms with Crippen LogP contribution < -0.4 is 14.8 Å². The minimum Gasteiger partial charge on any atom is -0.494 e. The average molecular weight is 490 g/mol. The average Bonchev–Trinajstić information content (AvgIpc) is 3.37. The molecule has 1 amide bonds. The number of hydrogen-bond acceptors (Lipinski definition) is 9. The van der Waals surface area contributed by atoms with Gasteiger partial charge in [-0.1, -0.05) is 16.7 Å². The van der Waals surface area contributed by atoms with Crippen LogP contribution in [0.3, 0.4) is 0 Å². The maximum atomic E-state index is 13.1. The lowest BCUT2D eigenvalue weighted by molar-refractivity contribution is 0.0341. The Labute approximate surface area is 200 Å². The summed E-state index contributed by atoms with van der Waals surface area (Å²) in [5.41, 5.74) is 2.07. The van der Waals surface area contributed by atoms with Crippen molar-refractivity contribution in [1.82, 2.24) is 20.2 Å². The highest BCUT2D eigenvalue weighted by molar-refractivity contribution is 7.17. The van der Waals surface area contributed by atoms with Crippen LogP contribution in [0.15, 0.2) is 24.5 Å². The van der Waals surface area contributed by atoms with E-state index in [0.29, 0.717) is 62.7 Å². The summed E-state index contributed by atoms with van der Waals surface area (Å²) in [6.07, 6.45) is 3.98. The number of aromatic nitrogens is 4. The number of rotatable bonds is 7. The molecule has 0 aromatic carbocycles. The number of ether oxygens (including phenoxy) is 3. The largest absolute Gasteiger partial charge is 0.494 e. The maximum absolute atomic E-state index is 13.1. The second kappa shape index (κ2) is 9.58. The normalized spacial score (nSPS) is 17.1. The number of nitrogens with one attached hydrogen (secondary N) is 1. The number of aryl methyl sites for hydroxylation is 1. The molecular formula is C22H24ClN5O4S. The molecule has 33 heavy (non-hydrogen) atoms. The summed E-state index contributed by atoms with van der Waals surface area (Å²) in [5.74, 6) is 0.369. The number of carbonyl (C=O) groups is 1. The minimum atomic E-state index is -0.405. The van der Waals surface area contributed by atoms with Crippen LogP contribution in [0.1, 0.15) is 36.3 Å². The number of nitrogens with zero attached hydrogens (tertiary/aromatic N) is 4. The van der Waals surface area contributed by atoms with E-state index in [-0.39, 0.29) is 5.60 Å². The number of carbonyl (C=O) groups excluding carboxylic acids is 1. The zero-order valence-corrected chi connectivity index (χ0v) is 20.3. The molecule has 0 unspecified atom stereocenters. The lowest BCUT2D eigenvalue weighted by Gasteiger charge is -2.15. The van der Waals surface area contributed by atoms with Crippen LogP contribution in [0.4, 0.5) is 5.13 Å². The van der Waals surface area contributed by atoms with Crippen molar-refractivity contribution in [3.8, 4) is 22.1 Å². The highest BCUT2D eigenvalue weighted by Crippen LogP contribution is 2.36. The van der Waals surface area contributed by atoms with Gasteiger partial charge in [0.05, 0.1) is 37.2 Å². The summed E-state index contributed by atoms with van der Waals surface area (Å²) in [7, 11) is 1.53. The molecule has 1 aliphatic rings. The van der Waals surface area contributed by atoms with E-state index in [0.717, 1.165) is 17.8 Å². The zero-order valence-electron chi connectivity index (χ0n) is 18.7. The number of amides is 1. The highest BCUT2D eigenvalue weighted by atomic mass is 35.5. The van der Waals surface area contributed by atoms with Gasteiger partial charge >= 0.3 is 0 Å². The molecule has 1 saturated heterocycles. The first-order valence-corrected chi connectivity index (χ1v) is 11.5. The topological polar surface area (TPSA) is 108 Å². The summed E-state index contributed by atoms with van der Waals surface area (Å²) in [4.78, 5) is 21.5. The van der Waals surface area contributed by atoms with Crippen LogP contribution in [0.25, 0.3) is 11.1 Å². The van der Waals surface area contributed by atoms with E-state index in [1.807, 2.05) is 0 Å². The molecule has 3 aromatic heterocycles. The molecule has 0 aliphatic carbocycles. The van der Waals surface area contributed by atoms with E-state index in [4.69, 9.17) is 25.8 Å². The monoisotopic (exact) mass is 489 g/mol. The Morgan fingerprint density at radius 1 is 1.36 bits per heavy atom. The SMILES string of the molecule is COc1c(C)ncc(C(=O)Nc2nnc(OC[C@@H]3COC(C)(C)C3)s2)c1-c1ccnc(Cl)c1. The molecular weight excluding hydrogens is 466 g/mol. The Balaban J connectivity index is 1.51. The van der Waals surface area contributed by atoms with Crippen LogP contribution in [0, 0.1) is 12.8 Å². The standard InChI is InChI=1S/C22H24ClN5O4S/c1-12-18(30-4)17(14-5-6-24-16(23)7-14)15(9-25-12)19(29)26-20-27-28-21(33-20)31-10-13-8-22(2,3)32-11-13/h5-7,9,13H,8,10-11H2,1-4H3,(H,26,27,29)/t13-/m1/s1. The molecule has 4 rings (SSSR count). The zero-order chi connectivity index (χ0) is 23.6. The van der Waals surface area contributed by atoms with Gasteiger partial charge in [-0.15, -0.1) is 5.10 Å². The molecule has 1 aliphatic heterocycles. The van der Waals surface area contributed by atoms with E-state index in [9.17, 15) is 4.79 Å². The van der Waals surface area contributed by atoms with E-state index in [1.54, 1.807) is 25.3 Å². The van der Waals surface area contributed by atoms with Gasteiger partial charge in [-0.3, -0.25) is 15.1 Å². The number of methoxy groups -OCH3 is 1. The molecule has 11 heteroatoms. The van der Waals surface area contributed by atoms with Crippen LogP contribution in [-0.4, -0.2) is 52.0 Å². The van der Waals surface area contributed by atoms with Crippen molar-refractivity contribution >= 4 is 34.0 Å². The summed E-state index contributed by atoms with van der Waals surface area (Å²) in [5, 5.41) is 11.8. The van der Waals surface area contributed by atoms with E-state index >= 15 is 0 Å². The molecule has 174 valence electrons. The van der Waals surface area contributed by atoms with Crippen molar-refractivity contribution < 1.29 is 19.0 Å². The molecule has 0 spiro atoms. The Hall–Kier alpha value is -2.82. The summed E-state index contributed by atoms with van der Waals surface area (Å²) in [6.45, 7) is 7.07. The fourth-order valence-electron chi connectivity index (χ4n) is 3.79. The number of hydrogen-bond donors (Lipinski definition) is 1. The van der Waals surface area contributed by atoms with Crippen molar-refractivity contribution in [2.75, 3.05) is 25.6 Å². The molecule has 9 nitrogen and oxygen atoms in total. The first kappa shape index (κ1) is 23.3. The quantitative estimate of drug-likeness (QED) is 0.486. The molecule has 1 N–H and O–H groups in total. The van der Waals surface area contributed by atoms with E-state index < -0.39 is 5.91 Å². The third kappa shape index (κ3) is 5.40. The van der Waals surface area contributed by atoms with Gasteiger partial charge in [-0.2, -0.15) is 0 Å². The molecule has 1 atom stereocenters. The summed E-state index contributed by atoms with van der Waals surface area (Å²) in [6, 6.07) is 3.42. The van der Waals surface area contributed by atoms with Gasteiger partial charge in [0.2, 0.25) is 5.13 Å². The van der Waals surface area contributed by atoms with Gasteiger partial charge in [0.25, 0.3) is 11.1 Å². The van der Waals surface area contributed by atoms with Gasteiger partial charge in [-0.05, 0) is 56.2 Å². The third-order valence-electron chi connectivity index (χ3n) is 5.24. The van der Waals surface area contributed by atoms with Crippen molar-refractivity contribution in [1.29, 1.82) is 0 Å². The van der Waals surface area contributed by atoms with E-state index in [1.165, 1.54) is 13.3 Å². The van der Waals surface area contributed by atoms with Gasteiger partial charge in [0, 0.05) is 23.9 Å². The first-order valence-electron chi connectivity index (χ1n) is 10.3. The second-order valence-electron chi connectivity index (χ2n) is 8.31. The Morgan fingerprint density at radius 2 is 2.18 bits per heavy atom. The van der Waals surface area contributed by atoms with Crippen molar-refractivity contribution in [3.63, 3.8) is 0 Å². The second-order valence-corrected chi connectivity index (χ2v) is 9.64. The predicted octanol–water partition coefficient (Wildman–Crippen LogP) is 4.41. The minimum absolute atomic E-state index is 0.131. The predicted molar refractivity (Wildman–Crippen MR) is 125 cm³/mol. The smallest absolute Gasteiger partial charge is 0.295 e. The fourth-order valence-corrected chi connectivity index (χ4v) is 4.56. The van der Waals surface area contributed by atoms with E-state index in [2.05, 4.69) is 39.3 Å². The van der Waals surface area contributed by atoms with Crippen LogP contribution in [0.2, 0.25) is 5.15 Å². The molecule has 4 heterocycles. The third-order valence-corrected chi connectivity index (χ3v) is 6.19. The summed E-state index contributed by atoms with van der Waals surface area (Å²) >= 11 is 7.24. The molecule has 0 saturated carbocycles. The highest BCUT2D eigenvalue weighted by Gasteiger charge is 2.32. The molecule has 0 bridgehead atoms. The first-order chi connectivity index (χ1) is 15.8. The Kier molecular flexibility index (Phi) is 6.78. The number of halogens is 1. The Morgan fingerprint density at radius 3 is 2.88 bits per heavy atom. The van der Waals surface area contributed by atoms with Gasteiger partial charge in [-0.25, -0.2) is 4.98 Å². The van der Waals surface area contributed by atoms with Crippen LogP contribution in [-0.2, 0) is 4.74 Å². The molecule has 1 fully saturated rings. The van der Waals surface area contributed by atoms with Crippen molar-refractivity contribution in [2.24, 2.45) is 5.92 Å².